The molecule has 9 heteroatoms. The van der Waals surface area contributed by atoms with Crippen molar-refractivity contribution >= 4 is 29.1 Å². The Morgan fingerprint density at radius 1 is 1.07 bits per heavy atom. The van der Waals surface area contributed by atoms with E-state index in [1.807, 2.05) is 0 Å². The number of carbonyl (C=O) groups excluding carboxylic acids is 1. The fourth-order valence-corrected chi connectivity index (χ4v) is 4.85. The molecule has 1 atom stereocenters. The van der Waals surface area contributed by atoms with Gasteiger partial charge in [0.25, 0.3) is 0 Å². The number of hydrogen-bond donors (Lipinski definition) is 0. The molecular weight excluding hydrogens is 435 g/mol. The Balaban J connectivity index is 1.88. The summed E-state index contributed by atoms with van der Waals surface area (Å²) in [7, 11) is 0. The van der Waals surface area contributed by atoms with Gasteiger partial charge in [0.05, 0.1) is 16.5 Å². The molecule has 1 fully saturated rings. The number of hydrogen-bond acceptors (Lipinski definition) is 4. The summed E-state index contributed by atoms with van der Waals surface area (Å²) in [6.45, 7) is 0. The average molecular weight is 452 g/mol. The first-order chi connectivity index (χ1) is 14.3. The van der Waals surface area contributed by atoms with Crippen LogP contribution in [0.4, 0.5) is 13.2 Å². The Bertz CT molecular complexity index is 1080. The molecule has 1 heterocycles. The molecule has 0 radical (unpaired) electrons. The zero-order chi connectivity index (χ0) is 21.3. The summed E-state index contributed by atoms with van der Waals surface area (Å²) in [6, 6.07) is 12.0. The van der Waals surface area contributed by atoms with Crippen LogP contribution in [0.5, 0.6) is 0 Å². The zero-order valence-corrected chi connectivity index (χ0v) is 17.3. The molecule has 3 aromatic rings. The number of halogens is 4. The largest absolute Gasteiger partial charge is 0.418 e. The summed E-state index contributed by atoms with van der Waals surface area (Å²) >= 11 is 7.26. The Morgan fingerprint density at radius 3 is 2.60 bits per heavy atom. The van der Waals surface area contributed by atoms with Crippen molar-refractivity contribution in [3.8, 4) is 17.1 Å². The van der Waals surface area contributed by atoms with Crippen LogP contribution >= 0.6 is 23.4 Å². The highest BCUT2D eigenvalue weighted by Crippen LogP contribution is 2.39. The van der Waals surface area contributed by atoms with Gasteiger partial charge in [0, 0.05) is 17.0 Å². The monoisotopic (exact) mass is 451 g/mol. The Labute approximate surface area is 180 Å². The van der Waals surface area contributed by atoms with Gasteiger partial charge in [-0.2, -0.15) is 13.2 Å². The molecule has 156 valence electrons. The van der Waals surface area contributed by atoms with Gasteiger partial charge in [-0.05, 0) is 37.1 Å². The molecule has 0 amide bonds. The van der Waals surface area contributed by atoms with Gasteiger partial charge >= 0.3 is 6.18 Å². The van der Waals surface area contributed by atoms with Gasteiger partial charge in [-0.15, -0.1) is 10.2 Å². The second-order valence-electron chi connectivity index (χ2n) is 6.99. The molecule has 1 saturated carbocycles. The van der Waals surface area contributed by atoms with E-state index in [2.05, 4.69) is 10.2 Å². The lowest BCUT2D eigenvalue weighted by Crippen LogP contribution is -2.22. The molecule has 4 nitrogen and oxygen atoms in total. The molecule has 1 aromatic heterocycles. The van der Waals surface area contributed by atoms with Gasteiger partial charge in [0.1, 0.15) is 5.78 Å². The predicted molar refractivity (Wildman–Crippen MR) is 110 cm³/mol. The molecule has 0 aliphatic heterocycles. The molecule has 0 saturated heterocycles. The normalized spacial score (nSPS) is 17.3. The third kappa shape index (κ3) is 4.25. The van der Waals surface area contributed by atoms with Crippen LogP contribution in [0.25, 0.3) is 17.1 Å². The molecule has 1 aliphatic carbocycles. The molecule has 0 bridgehead atoms. The lowest BCUT2D eigenvalue weighted by Gasteiger charge is -2.21. The van der Waals surface area contributed by atoms with E-state index in [4.69, 9.17) is 11.6 Å². The van der Waals surface area contributed by atoms with Crippen LogP contribution < -0.4 is 0 Å². The lowest BCUT2D eigenvalue weighted by atomic mass is 9.99. The fraction of sp³-hybridized carbons (Fsp3) is 0.286. The van der Waals surface area contributed by atoms with E-state index in [9.17, 15) is 18.0 Å². The van der Waals surface area contributed by atoms with Crippen LogP contribution in [0, 0.1) is 0 Å². The van der Waals surface area contributed by atoms with Gasteiger partial charge in [0.15, 0.2) is 11.0 Å². The van der Waals surface area contributed by atoms with E-state index in [1.165, 1.54) is 34.5 Å². The number of rotatable bonds is 4. The Morgan fingerprint density at radius 2 is 1.87 bits per heavy atom. The maximum absolute atomic E-state index is 13.8. The average Bonchev–Trinajstić information content (AvgIpc) is 3.12. The lowest BCUT2D eigenvalue weighted by molar-refractivity contribution is -0.137. The second-order valence-corrected chi connectivity index (χ2v) is 8.59. The molecule has 2 aromatic carbocycles. The molecular formula is C21H17ClF3N3OS. The molecule has 0 spiro atoms. The summed E-state index contributed by atoms with van der Waals surface area (Å²) in [4.78, 5) is 12.3. The number of alkyl halides is 3. The van der Waals surface area contributed by atoms with Crippen molar-refractivity contribution in [1.82, 2.24) is 14.8 Å². The van der Waals surface area contributed by atoms with Crippen molar-refractivity contribution in [2.45, 2.75) is 42.3 Å². The molecule has 1 aliphatic rings. The first-order valence-corrected chi connectivity index (χ1v) is 10.7. The van der Waals surface area contributed by atoms with E-state index >= 15 is 0 Å². The molecule has 1 unspecified atom stereocenters. The van der Waals surface area contributed by atoms with Crippen LogP contribution in [-0.4, -0.2) is 25.8 Å². The summed E-state index contributed by atoms with van der Waals surface area (Å²) in [5.74, 6) is 0.328. The zero-order valence-electron chi connectivity index (χ0n) is 15.7. The van der Waals surface area contributed by atoms with Crippen LogP contribution in [0.15, 0.2) is 53.7 Å². The number of thioether (sulfide) groups is 1. The standard InChI is InChI=1S/C21H17ClF3N3OS/c22-14-7-5-6-13(12-14)19-26-27-20(30-18-11-4-3-10-17(18)29)28(19)16-9-2-1-8-15(16)21(23,24)25/h1-2,5-9,12,18H,3-4,10-11H2. The minimum absolute atomic E-state index is 0.0873. The van der Waals surface area contributed by atoms with Crippen molar-refractivity contribution < 1.29 is 18.0 Å². The Kier molecular flexibility index (Phi) is 5.88. The van der Waals surface area contributed by atoms with Gasteiger partial charge in [-0.1, -0.05) is 54.0 Å². The van der Waals surface area contributed by atoms with E-state index in [1.54, 1.807) is 24.3 Å². The van der Waals surface area contributed by atoms with E-state index in [0.29, 0.717) is 23.4 Å². The SMILES string of the molecule is O=C1CCCCC1Sc1nnc(-c2cccc(Cl)c2)n1-c1ccccc1C(F)(F)F. The summed E-state index contributed by atoms with van der Waals surface area (Å²) in [5, 5.41) is 8.68. The molecule has 30 heavy (non-hydrogen) atoms. The minimum Gasteiger partial charge on any atom is -0.298 e. The summed E-state index contributed by atoms with van der Waals surface area (Å²) < 4.78 is 42.6. The number of aromatic nitrogens is 3. The summed E-state index contributed by atoms with van der Waals surface area (Å²) in [6.07, 6.45) is -1.67. The quantitative estimate of drug-likeness (QED) is 0.473. The minimum atomic E-state index is -4.56. The van der Waals surface area contributed by atoms with Crippen LogP contribution in [0.2, 0.25) is 5.02 Å². The van der Waals surface area contributed by atoms with E-state index in [0.717, 1.165) is 18.9 Å². The van der Waals surface area contributed by atoms with Crippen LogP contribution in [0.1, 0.15) is 31.2 Å². The fourth-order valence-electron chi connectivity index (χ4n) is 3.49. The van der Waals surface area contributed by atoms with Crippen molar-refractivity contribution in [2.75, 3.05) is 0 Å². The third-order valence-electron chi connectivity index (χ3n) is 4.91. The maximum atomic E-state index is 13.8. The molecule has 0 N–H and O–H groups in total. The molecule has 4 rings (SSSR count). The highest BCUT2D eigenvalue weighted by atomic mass is 35.5. The van der Waals surface area contributed by atoms with Gasteiger partial charge < -0.3 is 0 Å². The van der Waals surface area contributed by atoms with Gasteiger partial charge in [0.2, 0.25) is 0 Å². The van der Waals surface area contributed by atoms with Crippen LogP contribution in [0.3, 0.4) is 0 Å². The highest BCUT2D eigenvalue weighted by molar-refractivity contribution is 8.00. The number of para-hydroxylation sites is 1. The van der Waals surface area contributed by atoms with Crippen molar-refractivity contribution in [3.63, 3.8) is 0 Å². The van der Waals surface area contributed by atoms with E-state index in [-0.39, 0.29) is 27.7 Å². The number of Topliss-reactive ketones (excluding diaryl/α,β-unsaturated/α-hetero) is 1. The third-order valence-corrected chi connectivity index (χ3v) is 6.41. The van der Waals surface area contributed by atoms with Crippen molar-refractivity contribution in [2.24, 2.45) is 0 Å². The van der Waals surface area contributed by atoms with Crippen LogP contribution in [-0.2, 0) is 11.0 Å². The predicted octanol–water partition coefficient (Wildman–Crippen LogP) is 6.21. The summed E-state index contributed by atoms with van der Waals surface area (Å²) in [5.41, 5.74) is -0.352. The number of carbonyl (C=O) groups is 1. The van der Waals surface area contributed by atoms with Crippen molar-refractivity contribution in [3.05, 3.63) is 59.1 Å². The smallest absolute Gasteiger partial charge is 0.298 e. The second kappa shape index (κ2) is 8.43. The van der Waals surface area contributed by atoms with E-state index < -0.39 is 11.7 Å². The first-order valence-electron chi connectivity index (χ1n) is 9.42. The number of ketones is 1. The first kappa shape index (κ1) is 20.9. The topological polar surface area (TPSA) is 47.8 Å². The maximum Gasteiger partial charge on any atom is 0.418 e. The van der Waals surface area contributed by atoms with Gasteiger partial charge in [-0.25, -0.2) is 0 Å². The highest BCUT2D eigenvalue weighted by Gasteiger charge is 2.35. The van der Waals surface area contributed by atoms with Crippen molar-refractivity contribution in [1.29, 1.82) is 0 Å². The Hall–Kier alpha value is -2.32. The van der Waals surface area contributed by atoms with Gasteiger partial charge in [-0.3, -0.25) is 9.36 Å². The number of nitrogens with zero attached hydrogens (tertiary/aromatic N) is 3. The number of benzene rings is 2.